The summed E-state index contributed by atoms with van der Waals surface area (Å²) >= 11 is 0. The van der Waals surface area contributed by atoms with Gasteiger partial charge in [-0.3, -0.25) is 4.79 Å². The van der Waals surface area contributed by atoms with E-state index in [-0.39, 0.29) is 0 Å². The Kier molecular flexibility index (Phi) is 3.45. The van der Waals surface area contributed by atoms with Gasteiger partial charge in [-0.25, -0.2) is 4.39 Å². The Hall–Kier alpha value is -1.58. The quantitative estimate of drug-likeness (QED) is 0.695. The summed E-state index contributed by atoms with van der Waals surface area (Å²) < 4.78 is 22.8. The van der Waals surface area contributed by atoms with Crippen LogP contribution >= 0.6 is 0 Å². The highest BCUT2D eigenvalue weighted by molar-refractivity contribution is 5.39. The molecular weight excluding hydrogens is 187 g/mol. The lowest BCUT2D eigenvalue weighted by molar-refractivity contribution is -0.133. The second kappa shape index (κ2) is 4.60. The maximum absolute atomic E-state index is 13.3. The van der Waals surface area contributed by atoms with E-state index in [1.807, 2.05) is 0 Å². The molecule has 1 aromatic rings. The molecule has 0 aliphatic heterocycles. The van der Waals surface area contributed by atoms with E-state index in [1.165, 1.54) is 19.2 Å². The van der Waals surface area contributed by atoms with Gasteiger partial charge >= 0.3 is 0 Å². The summed E-state index contributed by atoms with van der Waals surface area (Å²) in [4.78, 5) is 10.1. The Morgan fingerprint density at radius 2 is 2.21 bits per heavy atom. The molecule has 0 N–H and O–H groups in total. The summed E-state index contributed by atoms with van der Waals surface area (Å²) in [6.45, 7) is 1.90. The van der Waals surface area contributed by atoms with Crippen molar-refractivity contribution < 1.29 is 18.7 Å². The van der Waals surface area contributed by atoms with Crippen LogP contribution in [-0.4, -0.2) is 13.6 Å². The van der Waals surface area contributed by atoms with Gasteiger partial charge in [0.05, 0.1) is 7.11 Å². The van der Waals surface area contributed by atoms with Crippen LogP contribution in [0.25, 0.3) is 0 Å². The second-order valence-electron chi connectivity index (χ2n) is 2.76. The first-order valence-electron chi connectivity index (χ1n) is 4.11. The first kappa shape index (κ1) is 10.5. The molecule has 0 amide bonds. The maximum atomic E-state index is 13.3. The van der Waals surface area contributed by atoms with Crippen LogP contribution in [0, 0.1) is 5.82 Å². The molecule has 3 nitrogen and oxygen atoms in total. The van der Waals surface area contributed by atoms with Gasteiger partial charge in [0.1, 0.15) is 17.7 Å². The molecule has 1 unspecified atom stereocenters. The summed E-state index contributed by atoms with van der Waals surface area (Å²) in [5, 5.41) is 0. The van der Waals surface area contributed by atoms with Crippen LogP contribution in [0.15, 0.2) is 18.2 Å². The van der Waals surface area contributed by atoms with Gasteiger partial charge in [-0.05, 0) is 19.1 Å². The molecule has 1 atom stereocenters. The van der Waals surface area contributed by atoms with E-state index >= 15 is 0 Å². The zero-order valence-corrected chi connectivity index (χ0v) is 7.99. The minimum absolute atomic E-state index is 0.300. The van der Waals surface area contributed by atoms with Crippen LogP contribution in [0.1, 0.15) is 18.6 Å². The van der Waals surface area contributed by atoms with Crippen molar-refractivity contribution in [2.45, 2.75) is 13.0 Å². The summed E-state index contributed by atoms with van der Waals surface area (Å²) in [5.41, 5.74) is 0.331. The molecule has 1 rings (SSSR count). The lowest BCUT2D eigenvalue weighted by atomic mass is 10.1. The zero-order chi connectivity index (χ0) is 10.6. The molecule has 0 aliphatic carbocycles. The predicted molar refractivity (Wildman–Crippen MR) is 48.5 cm³/mol. The normalized spacial score (nSPS) is 11.9. The third kappa shape index (κ3) is 2.22. The summed E-state index contributed by atoms with van der Waals surface area (Å²) in [5.74, 6) is -0.0109. The molecule has 0 radical (unpaired) electrons. The van der Waals surface area contributed by atoms with Gasteiger partial charge in [-0.2, -0.15) is 0 Å². The Morgan fingerprint density at radius 3 is 2.71 bits per heavy atom. The SMILES string of the molecule is COc1ccc(C(C)OC=O)c(F)c1. The van der Waals surface area contributed by atoms with Crippen molar-refractivity contribution in [3.63, 3.8) is 0 Å². The highest BCUT2D eigenvalue weighted by atomic mass is 19.1. The van der Waals surface area contributed by atoms with Crippen molar-refractivity contribution in [2.75, 3.05) is 7.11 Å². The Bertz CT molecular complexity index is 325. The molecule has 0 aromatic heterocycles. The molecule has 0 saturated carbocycles. The van der Waals surface area contributed by atoms with E-state index in [4.69, 9.17) is 4.74 Å². The van der Waals surface area contributed by atoms with Gasteiger partial charge < -0.3 is 9.47 Å². The number of carbonyl (C=O) groups excluding carboxylic acids is 1. The molecule has 0 fully saturated rings. The highest BCUT2D eigenvalue weighted by Crippen LogP contribution is 2.23. The van der Waals surface area contributed by atoms with E-state index in [0.29, 0.717) is 17.8 Å². The monoisotopic (exact) mass is 198 g/mol. The number of ether oxygens (including phenoxy) is 2. The lowest BCUT2D eigenvalue weighted by Crippen LogP contribution is -2.01. The molecule has 0 bridgehead atoms. The zero-order valence-electron chi connectivity index (χ0n) is 7.99. The van der Waals surface area contributed by atoms with Gasteiger partial charge in [0.15, 0.2) is 0 Å². The Balaban J connectivity index is 2.93. The maximum Gasteiger partial charge on any atom is 0.293 e. The molecule has 0 saturated heterocycles. The van der Waals surface area contributed by atoms with Crippen LogP contribution in [0.2, 0.25) is 0 Å². The van der Waals surface area contributed by atoms with Gasteiger partial charge in [0.25, 0.3) is 6.47 Å². The molecule has 4 heteroatoms. The highest BCUT2D eigenvalue weighted by Gasteiger charge is 2.11. The standard InChI is InChI=1S/C10H11FO3/c1-7(14-6-12)9-4-3-8(13-2)5-10(9)11/h3-7H,1-2H3. The molecular formula is C10H11FO3. The van der Waals surface area contributed by atoms with Crippen LogP contribution in [0.4, 0.5) is 4.39 Å². The minimum Gasteiger partial charge on any atom is -0.497 e. The molecule has 14 heavy (non-hydrogen) atoms. The number of rotatable bonds is 4. The van der Waals surface area contributed by atoms with E-state index in [1.54, 1.807) is 13.0 Å². The number of carbonyl (C=O) groups is 1. The van der Waals surface area contributed by atoms with E-state index in [9.17, 15) is 9.18 Å². The number of methoxy groups -OCH3 is 1. The third-order valence-electron chi connectivity index (χ3n) is 1.91. The van der Waals surface area contributed by atoms with Gasteiger partial charge in [-0.15, -0.1) is 0 Å². The fraction of sp³-hybridized carbons (Fsp3) is 0.300. The van der Waals surface area contributed by atoms with Crippen LogP contribution in [-0.2, 0) is 9.53 Å². The average Bonchev–Trinajstić information content (AvgIpc) is 2.17. The van der Waals surface area contributed by atoms with Gasteiger partial charge in [-0.1, -0.05) is 0 Å². The van der Waals surface area contributed by atoms with Crippen LogP contribution < -0.4 is 4.74 Å². The molecule has 0 spiro atoms. The summed E-state index contributed by atoms with van der Waals surface area (Å²) in [6.07, 6.45) is -0.585. The number of halogens is 1. The minimum atomic E-state index is -0.585. The fourth-order valence-corrected chi connectivity index (χ4v) is 1.12. The van der Waals surface area contributed by atoms with Crippen LogP contribution in [0.3, 0.4) is 0 Å². The van der Waals surface area contributed by atoms with Gasteiger partial charge in [0.2, 0.25) is 0 Å². The largest absolute Gasteiger partial charge is 0.497 e. The van der Waals surface area contributed by atoms with Crippen molar-refractivity contribution in [2.24, 2.45) is 0 Å². The predicted octanol–water partition coefficient (Wildman–Crippen LogP) is 2.07. The van der Waals surface area contributed by atoms with Crippen molar-refractivity contribution in [3.8, 4) is 5.75 Å². The van der Waals surface area contributed by atoms with Crippen molar-refractivity contribution in [3.05, 3.63) is 29.6 Å². The molecule has 1 aromatic carbocycles. The van der Waals surface area contributed by atoms with E-state index in [2.05, 4.69) is 4.74 Å². The first-order chi connectivity index (χ1) is 6.69. The Labute approximate surface area is 81.4 Å². The number of hydrogen-bond donors (Lipinski definition) is 0. The van der Waals surface area contributed by atoms with Crippen molar-refractivity contribution >= 4 is 6.47 Å². The van der Waals surface area contributed by atoms with E-state index < -0.39 is 11.9 Å². The number of benzene rings is 1. The summed E-state index contributed by atoms with van der Waals surface area (Å²) in [6, 6.07) is 4.39. The molecule has 0 heterocycles. The van der Waals surface area contributed by atoms with E-state index in [0.717, 1.165) is 0 Å². The van der Waals surface area contributed by atoms with Crippen molar-refractivity contribution in [1.82, 2.24) is 0 Å². The fourth-order valence-electron chi connectivity index (χ4n) is 1.12. The Morgan fingerprint density at radius 1 is 1.50 bits per heavy atom. The van der Waals surface area contributed by atoms with Crippen molar-refractivity contribution in [1.29, 1.82) is 0 Å². The van der Waals surface area contributed by atoms with Gasteiger partial charge in [0, 0.05) is 11.6 Å². The molecule has 76 valence electrons. The third-order valence-corrected chi connectivity index (χ3v) is 1.91. The van der Waals surface area contributed by atoms with Crippen LogP contribution in [0.5, 0.6) is 5.75 Å². The topological polar surface area (TPSA) is 35.5 Å². The second-order valence-corrected chi connectivity index (χ2v) is 2.76. The average molecular weight is 198 g/mol. The summed E-state index contributed by atoms with van der Waals surface area (Å²) in [7, 11) is 1.46. The number of hydrogen-bond acceptors (Lipinski definition) is 3. The smallest absolute Gasteiger partial charge is 0.293 e. The first-order valence-corrected chi connectivity index (χ1v) is 4.11. The lowest BCUT2D eigenvalue weighted by Gasteiger charge is -2.11. The molecule has 0 aliphatic rings.